The Morgan fingerprint density at radius 2 is 1.68 bits per heavy atom. The van der Waals surface area contributed by atoms with Gasteiger partial charge in [0.15, 0.2) is 11.5 Å². The number of unbranched alkanes of at least 4 members (excludes halogenated alkanes) is 2. The fraction of sp³-hybridized carbons (Fsp3) is 0.529. The number of aliphatic hydroxyl groups excluding tert-OH is 2. The van der Waals surface area contributed by atoms with Crippen molar-refractivity contribution in [2.24, 2.45) is 28.8 Å². The highest BCUT2D eigenvalue weighted by Gasteiger charge is 2.65. The Balaban J connectivity index is 1.29. The number of hydrogen-bond donors (Lipinski definition) is 2. The number of nitrogens with zero attached hydrogens (tertiary/aromatic N) is 2. The van der Waals surface area contributed by atoms with E-state index in [1.54, 1.807) is 24.9 Å². The van der Waals surface area contributed by atoms with Crippen LogP contribution in [0.4, 0.5) is 0 Å². The van der Waals surface area contributed by atoms with E-state index in [2.05, 4.69) is 37.1 Å². The Labute approximate surface area is 376 Å². The van der Waals surface area contributed by atoms with Crippen LogP contribution >= 0.6 is 11.8 Å². The second kappa shape index (κ2) is 21.0. The summed E-state index contributed by atoms with van der Waals surface area (Å²) in [6, 6.07) is 19.4. The number of hydrogen-bond acceptors (Lipinski definition) is 11. The molecule has 5 aliphatic rings. The number of thioether (sulfide) groups is 1. The molecule has 0 saturated heterocycles. The van der Waals surface area contributed by atoms with E-state index in [9.17, 15) is 10.2 Å². The van der Waals surface area contributed by atoms with Crippen molar-refractivity contribution in [3.63, 3.8) is 0 Å². The van der Waals surface area contributed by atoms with Gasteiger partial charge in [-0.25, -0.2) is 0 Å². The lowest BCUT2D eigenvalue weighted by Crippen LogP contribution is -2.70. The minimum Gasteiger partial charge on any atom is -0.459 e. The van der Waals surface area contributed by atoms with Crippen LogP contribution in [0, 0.1) is 23.7 Å². The van der Waals surface area contributed by atoms with Gasteiger partial charge in [-0.05, 0) is 122 Å². The summed E-state index contributed by atoms with van der Waals surface area (Å²) in [7, 11) is 1.58. The number of amides is 1. The van der Waals surface area contributed by atoms with Gasteiger partial charge in [-0.15, -0.1) is 18.3 Å². The van der Waals surface area contributed by atoms with Gasteiger partial charge in [0.25, 0.3) is 0 Å². The predicted molar refractivity (Wildman–Crippen MR) is 245 cm³/mol. The number of carbonyl (C=O) groups is 1. The predicted octanol–water partition coefficient (Wildman–Crippen LogP) is 10.2. The highest BCUT2D eigenvalue weighted by Crippen LogP contribution is 2.62. The summed E-state index contributed by atoms with van der Waals surface area (Å²) >= 11 is 1.68. The molecular weight excluding hydrogens is 817 g/mol. The Bertz CT molecular complexity index is 2100. The Morgan fingerprint density at radius 1 is 0.937 bits per heavy atom. The van der Waals surface area contributed by atoms with Crippen LogP contribution in [-0.4, -0.2) is 78.5 Å². The Morgan fingerprint density at radius 3 is 2.43 bits per heavy atom. The first-order chi connectivity index (χ1) is 30.9. The molecule has 8 rings (SSSR count). The summed E-state index contributed by atoms with van der Waals surface area (Å²) in [5, 5.41) is 24.7. The maximum atomic E-state index is 15.2. The minimum absolute atomic E-state index is 0.0368. The molecule has 2 N–H and O–H groups in total. The number of oxime groups is 1. The standard InChI is InChI=1S/C51H64N2O9S/c1-4-27-60-51-47(53(48(56)24-16-34-11-5-6-12-34)32-35-15-22-45-46(28-35)59-33-58-45)31-43(52-57-2)41-29-36(13-7-9-25-54)40(14-8-10-26-55)49(50(41)51)42-30-38(19-23-44(42)62-51)61-37-17-20-39(63-3)21-18-37/h4,15,17-23,28-30,34,36,40,47,49-50,54-55H,1,5-14,16,24-27,31-33H2,2-3H3/t36-,40+,47-,49+,50+,51+/m0/s1. The van der Waals surface area contributed by atoms with E-state index in [0.29, 0.717) is 61.1 Å². The first-order valence-corrected chi connectivity index (χ1v) is 24.2. The Kier molecular flexibility index (Phi) is 15.0. The first kappa shape index (κ1) is 45.1. The molecule has 0 aromatic heterocycles. The van der Waals surface area contributed by atoms with E-state index in [1.165, 1.54) is 12.8 Å². The average molecular weight is 881 g/mol. The first-order valence-electron chi connectivity index (χ1n) is 23.0. The van der Waals surface area contributed by atoms with Gasteiger partial charge in [-0.3, -0.25) is 4.79 Å². The highest BCUT2D eigenvalue weighted by molar-refractivity contribution is 7.98. The van der Waals surface area contributed by atoms with Gasteiger partial charge in [-0.1, -0.05) is 61.9 Å². The average Bonchev–Trinajstić information content (AvgIpc) is 4.01. The second-order valence-electron chi connectivity index (χ2n) is 17.6. The van der Waals surface area contributed by atoms with Crippen LogP contribution in [0.2, 0.25) is 0 Å². The normalized spacial score (nSPS) is 25.2. The van der Waals surface area contributed by atoms with E-state index in [-0.39, 0.29) is 50.3 Å². The molecule has 12 heteroatoms. The van der Waals surface area contributed by atoms with Gasteiger partial charge < -0.3 is 43.6 Å². The number of carbonyl (C=O) groups excluding carboxylic acids is 1. The molecule has 11 nitrogen and oxygen atoms in total. The van der Waals surface area contributed by atoms with Gasteiger partial charge >= 0.3 is 0 Å². The number of ether oxygens (including phenoxy) is 5. The molecule has 338 valence electrons. The molecule has 3 aromatic carbocycles. The lowest BCUT2D eigenvalue weighted by atomic mass is 9.55. The van der Waals surface area contributed by atoms with Gasteiger partial charge in [0.2, 0.25) is 18.5 Å². The molecule has 3 aromatic rings. The highest BCUT2D eigenvalue weighted by atomic mass is 32.2. The van der Waals surface area contributed by atoms with Crippen LogP contribution in [0.1, 0.15) is 101 Å². The molecule has 1 amide bonds. The quantitative estimate of drug-likeness (QED) is 0.0462. The molecule has 0 radical (unpaired) electrons. The summed E-state index contributed by atoms with van der Waals surface area (Å²) in [6.07, 6.45) is 17.3. The van der Waals surface area contributed by atoms with Crippen molar-refractivity contribution in [1.29, 1.82) is 0 Å². The van der Waals surface area contributed by atoms with Crippen molar-refractivity contribution in [2.45, 2.75) is 113 Å². The number of fused-ring (bicyclic) bond motifs is 3. The van der Waals surface area contributed by atoms with Gasteiger partial charge in [0, 0.05) is 49.0 Å². The van der Waals surface area contributed by atoms with Gasteiger partial charge in [0.05, 0.1) is 18.2 Å². The summed E-state index contributed by atoms with van der Waals surface area (Å²) in [6.45, 7) is 4.98. The van der Waals surface area contributed by atoms with E-state index in [1.807, 2.05) is 47.4 Å². The molecule has 0 spiro atoms. The summed E-state index contributed by atoms with van der Waals surface area (Å²) < 4.78 is 32.8. The summed E-state index contributed by atoms with van der Waals surface area (Å²) in [5.74, 6) is 2.31. The van der Waals surface area contributed by atoms with Crippen molar-refractivity contribution in [3.8, 4) is 28.7 Å². The van der Waals surface area contributed by atoms with Crippen molar-refractivity contribution < 1.29 is 43.5 Å². The van der Waals surface area contributed by atoms with Crippen molar-refractivity contribution in [2.75, 3.05) is 40.0 Å². The fourth-order valence-electron chi connectivity index (χ4n) is 11.0. The van der Waals surface area contributed by atoms with Crippen LogP contribution in [0.15, 0.2) is 95.0 Å². The number of allylic oxidation sites excluding steroid dienone is 1. The molecule has 0 unspecified atom stereocenters. The summed E-state index contributed by atoms with van der Waals surface area (Å²) in [4.78, 5) is 24.0. The van der Waals surface area contributed by atoms with E-state index < -0.39 is 17.7 Å². The third-order valence-corrected chi connectivity index (χ3v) is 14.6. The van der Waals surface area contributed by atoms with Crippen LogP contribution in [0.3, 0.4) is 0 Å². The Hall–Kier alpha value is -4.49. The molecular formula is C51H64N2O9S. The zero-order valence-electron chi connectivity index (χ0n) is 36.9. The smallest absolute Gasteiger partial charge is 0.239 e. The largest absolute Gasteiger partial charge is 0.459 e. The molecule has 2 fully saturated rings. The molecule has 2 saturated carbocycles. The van der Waals surface area contributed by atoms with E-state index in [0.717, 1.165) is 78.0 Å². The van der Waals surface area contributed by atoms with Gasteiger partial charge in [0.1, 0.15) is 30.4 Å². The van der Waals surface area contributed by atoms with Crippen molar-refractivity contribution in [1.82, 2.24) is 4.90 Å². The lowest BCUT2D eigenvalue weighted by Gasteiger charge is -2.60. The summed E-state index contributed by atoms with van der Waals surface area (Å²) in [5.41, 5.74) is 3.69. The van der Waals surface area contributed by atoms with Crippen molar-refractivity contribution in [3.05, 3.63) is 96.1 Å². The van der Waals surface area contributed by atoms with Crippen molar-refractivity contribution >= 4 is 23.4 Å². The van der Waals surface area contributed by atoms with Crippen LogP contribution < -0.4 is 18.9 Å². The number of benzene rings is 3. The maximum Gasteiger partial charge on any atom is 0.239 e. The third-order valence-electron chi connectivity index (χ3n) is 13.9. The van der Waals surface area contributed by atoms with E-state index >= 15 is 4.79 Å². The molecule has 63 heavy (non-hydrogen) atoms. The topological polar surface area (TPSA) is 129 Å². The van der Waals surface area contributed by atoms with Crippen LogP contribution in [0.25, 0.3) is 0 Å². The molecule has 0 bridgehead atoms. The number of rotatable bonds is 21. The second-order valence-corrected chi connectivity index (χ2v) is 18.5. The molecule has 6 atom stereocenters. The third kappa shape index (κ3) is 9.79. The zero-order valence-corrected chi connectivity index (χ0v) is 37.7. The van der Waals surface area contributed by atoms with Gasteiger partial charge in [-0.2, -0.15) is 0 Å². The van der Waals surface area contributed by atoms with Crippen LogP contribution in [-0.2, 0) is 20.9 Å². The molecule has 2 heterocycles. The lowest BCUT2D eigenvalue weighted by molar-refractivity contribution is -0.258. The monoisotopic (exact) mass is 880 g/mol. The maximum absolute atomic E-state index is 15.2. The molecule has 2 aliphatic heterocycles. The van der Waals surface area contributed by atoms with Crippen LogP contribution in [0.5, 0.6) is 28.7 Å². The molecule has 3 aliphatic carbocycles. The zero-order chi connectivity index (χ0) is 43.8. The van der Waals surface area contributed by atoms with E-state index in [4.69, 9.17) is 33.7 Å². The SMILES string of the molecule is C=CCO[C@@]12Oc3ccc(Oc4ccc(SC)cc4)cc3[C@H]3[C@H](CCCCO)[C@@H](CCCCO)C=C(C(=NOC)C[C@@H]1N(Cc1ccc4c(c1)OCO4)C(=O)CCC1CCCC1)[C@H]32. The number of aliphatic hydroxyl groups is 2. The fourth-order valence-corrected chi connectivity index (χ4v) is 11.4. The minimum atomic E-state index is -1.36.